The molecule has 4 nitrogen and oxygen atoms in total. The maximum absolute atomic E-state index is 5.59. The van der Waals surface area contributed by atoms with Gasteiger partial charge >= 0.3 is 0 Å². The lowest BCUT2D eigenvalue weighted by molar-refractivity contribution is 0.500. The molecule has 4 heteroatoms. The number of hydrogen-bond acceptors (Lipinski definition) is 4. The maximum atomic E-state index is 5.59. The van der Waals surface area contributed by atoms with Crippen molar-refractivity contribution in [2.45, 2.75) is 13.3 Å². The van der Waals surface area contributed by atoms with Crippen LogP contribution in [0.5, 0.6) is 0 Å². The summed E-state index contributed by atoms with van der Waals surface area (Å²) in [6.45, 7) is 2.88. The summed E-state index contributed by atoms with van der Waals surface area (Å²) in [5.74, 6) is 1.27. The van der Waals surface area contributed by atoms with E-state index in [1.807, 2.05) is 38.2 Å². The molecule has 0 unspecified atom stereocenters. The number of aromatic nitrogens is 2. The van der Waals surface area contributed by atoms with Crippen LogP contribution < -0.4 is 5.32 Å². The topological polar surface area (TPSA) is 51.0 Å². The van der Waals surface area contributed by atoms with Gasteiger partial charge in [-0.25, -0.2) is 0 Å². The molecule has 0 saturated carbocycles. The largest absolute Gasteiger partial charge is 0.421 e. The Hall–Kier alpha value is -1.68. The summed E-state index contributed by atoms with van der Waals surface area (Å²) in [6.07, 6.45) is 0.759. The van der Waals surface area contributed by atoms with E-state index in [0.717, 1.165) is 24.1 Å². The average Bonchev–Trinajstić information content (AvgIpc) is 2.75. The molecule has 1 N–H and O–H groups in total. The van der Waals surface area contributed by atoms with Gasteiger partial charge in [-0.05, 0) is 25.6 Å². The van der Waals surface area contributed by atoms with E-state index in [-0.39, 0.29) is 0 Å². The summed E-state index contributed by atoms with van der Waals surface area (Å²) >= 11 is 0. The Morgan fingerprint density at radius 3 is 2.81 bits per heavy atom. The Morgan fingerprint density at radius 1 is 1.25 bits per heavy atom. The van der Waals surface area contributed by atoms with E-state index < -0.39 is 0 Å². The van der Waals surface area contributed by atoms with E-state index in [1.165, 1.54) is 0 Å². The van der Waals surface area contributed by atoms with Crippen molar-refractivity contribution in [2.24, 2.45) is 0 Å². The average molecular weight is 217 g/mol. The van der Waals surface area contributed by atoms with E-state index in [9.17, 15) is 0 Å². The monoisotopic (exact) mass is 217 g/mol. The third kappa shape index (κ3) is 2.28. The van der Waals surface area contributed by atoms with Crippen LogP contribution in [-0.2, 0) is 6.42 Å². The van der Waals surface area contributed by atoms with Crippen LogP contribution in [0.3, 0.4) is 0 Å². The number of likely N-dealkylation sites (N-methyl/N-ethyl adjacent to an activating group) is 1. The number of nitrogens with zero attached hydrogens (tertiary/aromatic N) is 2. The minimum atomic E-state index is 0.601. The molecule has 0 aliphatic heterocycles. The lowest BCUT2D eigenvalue weighted by Crippen LogP contribution is -2.10. The highest BCUT2D eigenvalue weighted by Gasteiger charge is 2.09. The Morgan fingerprint density at radius 2 is 2.06 bits per heavy atom. The molecule has 0 aliphatic rings. The zero-order chi connectivity index (χ0) is 11.4. The van der Waals surface area contributed by atoms with Crippen LogP contribution in [0.2, 0.25) is 0 Å². The highest BCUT2D eigenvalue weighted by molar-refractivity contribution is 5.57. The lowest BCUT2D eigenvalue weighted by Gasteiger charge is -1.98. The second-order valence-electron chi connectivity index (χ2n) is 3.67. The fraction of sp³-hybridized carbons (Fsp3) is 0.333. The van der Waals surface area contributed by atoms with Gasteiger partial charge in [0, 0.05) is 18.5 Å². The maximum Gasteiger partial charge on any atom is 0.247 e. The van der Waals surface area contributed by atoms with Crippen molar-refractivity contribution < 1.29 is 4.42 Å². The summed E-state index contributed by atoms with van der Waals surface area (Å²) in [5.41, 5.74) is 2.15. The minimum Gasteiger partial charge on any atom is -0.421 e. The van der Waals surface area contributed by atoms with Crippen LogP contribution in [0.4, 0.5) is 0 Å². The van der Waals surface area contributed by atoms with Crippen molar-refractivity contribution >= 4 is 0 Å². The summed E-state index contributed by atoms with van der Waals surface area (Å²) in [5, 5.41) is 11.1. The van der Waals surface area contributed by atoms with Crippen molar-refractivity contribution in [3.8, 4) is 11.5 Å². The Kier molecular flexibility index (Phi) is 3.31. The van der Waals surface area contributed by atoms with Gasteiger partial charge < -0.3 is 9.73 Å². The molecule has 1 aromatic carbocycles. The van der Waals surface area contributed by atoms with Crippen LogP contribution in [0.15, 0.2) is 28.7 Å². The van der Waals surface area contributed by atoms with Gasteiger partial charge in [-0.2, -0.15) is 0 Å². The number of nitrogens with one attached hydrogen (secondary N) is 1. The molecule has 0 fully saturated rings. The highest BCUT2D eigenvalue weighted by atomic mass is 16.4. The standard InChI is InChI=1S/C12H15N3O/c1-9-5-3-4-6-10(9)12-15-14-11(16-12)7-8-13-2/h3-6,13H,7-8H2,1-2H3. The van der Waals surface area contributed by atoms with Gasteiger partial charge in [-0.15, -0.1) is 10.2 Å². The van der Waals surface area contributed by atoms with E-state index in [1.54, 1.807) is 0 Å². The molecule has 1 heterocycles. The molecule has 0 spiro atoms. The molecule has 0 amide bonds. The predicted octanol–water partition coefficient (Wildman–Crippen LogP) is 1.81. The second-order valence-corrected chi connectivity index (χ2v) is 3.67. The first-order valence-corrected chi connectivity index (χ1v) is 5.34. The third-order valence-electron chi connectivity index (χ3n) is 2.43. The first-order valence-electron chi connectivity index (χ1n) is 5.34. The predicted molar refractivity (Wildman–Crippen MR) is 62.1 cm³/mol. The molecule has 0 aliphatic carbocycles. The molecular weight excluding hydrogens is 202 g/mol. The van der Waals surface area contributed by atoms with Gasteiger partial charge in [0.1, 0.15) is 0 Å². The van der Waals surface area contributed by atoms with Crippen molar-refractivity contribution in [2.75, 3.05) is 13.6 Å². The van der Waals surface area contributed by atoms with Crippen molar-refractivity contribution in [1.82, 2.24) is 15.5 Å². The van der Waals surface area contributed by atoms with Crippen molar-refractivity contribution in [3.05, 3.63) is 35.7 Å². The van der Waals surface area contributed by atoms with Crippen LogP contribution in [0.1, 0.15) is 11.5 Å². The molecule has 1 aromatic heterocycles. The Labute approximate surface area is 94.7 Å². The molecule has 16 heavy (non-hydrogen) atoms. The molecule has 0 bridgehead atoms. The summed E-state index contributed by atoms with van der Waals surface area (Å²) in [6, 6.07) is 7.99. The van der Waals surface area contributed by atoms with Gasteiger partial charge in [-0.3, -0.25) is 0 Å². The second kappa shape index (κ2) is 4.90. The van der Waals surface area contributed by atoms with Crippen molar-refractivity contribution in [3.63, 3.8) is 0 Å². The van der Waals surface area contributed by atoms with E-state index in [4.69, 9.17) is 4.42 Å². The molecular formula is C12H15N3O. The summed E-state index contributed by atoms with van der Waals surface area (Å²) < 4.78 is 5.59. The molecule has 2 rings (SSSR count). The van der Waals surface area contributed by atoms with Gasteiger partial charge in [0.25, 0.3) is 0 Å². The van der Waals surface area contributed by atoms with Crippen LogP contribution in [0.25, 0.3) is 11.5 Å². The van der Waals surface area contributed by atoms with Crippen LogP contribution in [0, 0.1) is 6.92 Å². The highest BCUT2D eigenvalue weighted by Crippen LogP contribution is 2.21. The molecule has 0 saturated heterocycles. The van der Waals surface area contributed by atoms with Gasteiger partial charge in [0.15, 0.2) is 0 Å². The van der Waals surface area contributed by atoms with Gasteiger partial charge in [0.05, 0.1) is 0 Å². The van der Waals surface area contributed by atoms with Crippen LogP contribution in [-0.4, -0.2) is 23.8 Å². The molecule has 2 aromatic rings. The Balaban J connectivity index is 2.22. The smallest absolute Gasteiger partial charge is 0.247 e. The fourth-order valence-corrected chi connectivity index (χ4v) is 1.51. The zero-order valence-corrected chi connectivity index (χ0v) is 9.53. The zero-order valence-electron chi connectivity index (χ0n) is 9.53. The first kappa shape index (κ1) is 10.8. The van der Waals surface area contributed by atoms with Gasteiger partial charge in [-0.1, -0.05) is 18.2 Å². The number of hydrogen-bond donors (Lipinski definition) is 1. The number of rotatable bonds is 4. The minimum absolute atomic E-state index is 0.601. The number of aryl methyl sites for hydroxylation is 1. The normalized spacial score (nSPS) is 10.6. The molecule has 0 radical (unpaired) electrons. The first-order chi connectivity index (χ1) is 7.81. The van der Waals surface area contributed by atoms with E-state index in [2.05, 4.69) is 15.5 Å². The van der Waals surface area contributed by atoms with Crippen molar-refractivity contribution in [1.29, 1.82) is 0 Å². The third-order valence-corrected chi connectivity index (χ3v) is 2.43. The van der Waals surface area contributed by atoms with E-state index in [0.29, 0.717) is 11.8 Å². The summed E-state index contributed by atoms with van der Waals surface area (Å²) in [4.78, 5) is 0. The fourth-order valence-electron chi connectivity index (χ4n) is 1.51. The SMILES string of the molecule is CNCCc1nnc(-c2ccccc2C)o1. The quantitative estimate of drug-likeness (QED) is 0.848. The Bertz CT molecular complexity index is 465. The lowest BCUT2D eigenvalue weighted by atomic mass is 10.1. The molecule has 0 atom stereocenters. The van der Waals surface area contributed by atoms with E-state index >= 15 is 0 Å². The molecule has 84 valence electrons. The van der Waals surface area contributed by atoms with Gasteiger partial charge in [0.2, 0.25) is 11.8 Å². The number of benzene rings is 1. The summed E-state index contributed by atoms with van der Waals surface area (Å²) in [7, 11) is 1.90. The van der Waals surface area contributed by atoms with Crippen LogP contribution >= 0.6 is 0 Å².